The molecule has 58 heavy (non-hydrogen) atoms. The first kappa shape index (κ1) is 44.8. The molecule has 6 nitrogen and oxygen atoms in total. The van der Waals surface area contributed by atoms with E-state index >= 15 is 0 Å². The summed E-state index contributed by atoms with van der Waals surface area (Å²) < 4.78 is 13.6. The molecular weight excluding hydrogens is 897 g/mol. The molecule has 0 bridgehead atoms. The van der Waals surface area contributed by atoms with Crippen LogP contribution in [-0.4, -0.2) is 20.9 Å². The third-order valence-corrected chi connectivity index (χ3v) is 11.1. The van der Waals surface area contributed by atoms with Gasteiger partial charge in [-0.1, -0.05) is 105 Å². The fraction of sp³-hybridized carbons (Fsp3) is 0.431. The van der Waals surface area contributed by atoms with E-state index in [0.717, 1.165) is 99.0 Å². The van der Waals surface area contributed by atoms with Gasteiger partial charge in [0.1, 0.15) is 28.8 Å². The zero-order valence-electron chi connectivity index (χ0n) is 36.6. The van der Waals surface area contributed by atoms with Crippen molar-refractivity contribution in [2.45, 2.75) is 122 Å². The number of aliphatic hydroxyl groups excluding tert-OH is 1. The summed E-state index contributed by atoms with van der Waals surface area (Å²) in [5, 5.41) is 14.6. The monoisotopic (exact) mass is 958 g/mol. The van der Waals surface area contributed by atoms with Gasteiger partial charge in [0.25, 0.3) is 0 Å². The van der Waals surface area contributed by atoms with Crippen LogP contribution in [0.3, 0.4) is 0 Å². The van der Waals surface area contributed by atoms with Gasteiger partial charge in [-0.05, 0) is 108 Å². The molecule has 309 valence electrons. The molecule has 7 aromatic rings. The summed E-state index contributed by atoms with van der Waals surface area (Å²) in [5.74, 6) is 0.547. The number of aromatic nitrogens is 2. The third kappa shape index (κ3) is 9.42. The Morgan fingerprint density at radius 2 is 1.29 bits per heavy atom. The standard InChI is InChI=1S/C38H37N2O2.C13H24O2.Ir/c1-21-13-23(18-37(3,4)5)14-22(2)30(21)34-36-33(39-20-40-34)27-17-25-11-9-10-12-26(25)35-31(27)32-28(41-35)15-24(16-29(32)42-36)19-38(6,7)8;1-5-10(6-2)12(14)9-13(15)11(7-3)8-4;/h9-16,20H,18-19H2,1-8H3;9-11,14H,5-8H2,1-4H3;/q-1;;/b;12-9-;. The Kier molecular flexibility index (Phi) is 13.8. The van der Waals surface area contributed by atoms with Gasteiger partial charge >= 0.3 is 0 Å². The van der Waals surface area contributed by atoms with Crippen LogP contribution < -0.4 is 0 Å². The van der Waals surface area contributed by atoms with Crippen LogP contribution in [0.2, 0.25) is 0 Å². The van der Waals surface area contributed by atoms with Crippen molar-refractivity contribution in [3.05, 3.63) is 95.0 Å². The van der Waals surface area contributed by atoms with Crippen molar-refractivity contribution in [3.8, 4) is 11.3 Å². The van der Waals surface area contributed by atoms with Crippen LogP contribution >= 0.6 is 0 Å². The number of rotatable bonds is 10. The van der Waals surface area contributed by atoms with Gasteiger partial charge in [0, 0.05) is 49.0 Å². The van der Waals surface area contributed by atoms with Gasteiger partial charge in [-0.25, -0.2) is 4.98 Å². The van der Waals surface area contributed by atoms with Gasteiger partial charge in [0.15, 0.2) is 5.78 Å². The molecule has 0 atom stereocenters. The van der Waals surface area contributed by atoms with Crippen molar-refractivity contribution in [2.24, 2.45) is 22.7 Å². The van der Waals surface area contributed by atoms with Crippen molar-refractivity contribution >= 4 is 60.6 Å². The molecule has 0 aliphatic rings. The number of nitrogens with zero attached hydrogens (tertiary/aromatic N) is 2. The quantitative estimate of drug-likeness (QED) is 0.0834. The Morgan fingerprint density at radius 3 is 1.84 bits per heavy atom. The maximum absolute atomic E-state index is 11.7. The number of allylic oxidation sites excluding steroid dienone is 2. The van der Waals surface area contributed by atoms with E-state index in [4.69, 9.17) is 18.8 Å². The Labute approximate surface area is 358 Å². The van der Waals surface area contributed by atoms with Gasteiger partial charge in [-0.3, -0.25) is 9.78 Å². The van der Waals surface area contributed by atoms with Gasteiger partial charge in [-0.15, -0.1) is 17.5 Å². The minimum absolute atomic E-state index is 0. The Balaban J connectivity index is 0.000000344. The number of aryl methyl sites for hydroxylation is 2. The molecule has 0 aliphatic carbocycles. The summed E-state index contributed by atoms with van der Waals surface area (Å²) in [6.07, 6.45) is 8.48. The molecule has 7 rings (SSSR count). The maximum atomic E-state index is 11.7. The number of furan rings is 1. The molecule has 0 fully saturated rings. The van der Waals surface area contributed by atoms with Crippen molar-refractivity contribution < 1.29 is 38.8 Å². The summed E-state index contributed by atoms with van der Waals surface area (Å²) in [6, 6.07) is 20.9. The number of benzene rings is 4. The summed E-state index contributed by atoms with van der Waals surface area (Å²) in [6.45, 7) is 26.0. The van der Waals surface area contributed by atoms with Crippen LogP contribution in [0.5, 0.6) is 0 Å². The van der Waals surface area contributed by atoms with Crippen LogP contribution in [0, 0.1) is 42.6 Å². The molecule has 7 heteroatoms. The van der Waals surface area contributed by atoms with E-state index < -0.39 is 0 Å². The number of ketones is 1. The first-order valence-electron chi connectivity index (χ1n) is 20.9. The summed E-state index contributed by atoms with van der Waals surface area (Å²) in [7, 11) is 0. The smallest absolute Gasteiger partial charge is 0.162 e. The zero-order valence-corrected chi connectivity index (χ0v) is 39.0. The van der Waals surface area contributed by atoms with E-state index in [2.05, 4.69) is 97.9 Å². The predicted molar refractivity (Wildman–Crippen MR) is 238 cm³/mol. The summed E-state index contributed by atoms with van der Waals surface area (Å²) in [4.78, 5) is 21.4. The molecule has 0 aliphatic heterocycles. The molecule has 4 aromatic carbocycles. The van der Waals surface area contributed by atoms with Gasteiger partial charge in [0.2, 0.25) is 0 Å². The molecule has 1 N–H and O–H groups in total. The number of carbonyl (C=O) groups excluding carboxylic acids is 1. The second-order valence-electron chi connectivity index (χ2n) is 18.4. The number of hydrogen-bond donors (Lipinski definition) is 1. The fourth-order valence-corrected chi connectivity index (χ4v) is 8.49. The maximum Gasteiger partial charge on any atom is 0.162 e. The second-order valence-corrected chi connectivity index (χ2v) is 18.4. The molecule has 0 saturated heterocycles. The number of hydrogen-bond acceptors (Lipinski definition) is 6. The summed E-state index contributed by atoms with van der Waals surface area (Å²) in [5.41, 5.74) is 11.0. The van der Waals surface area contributed by atoms with E-state index in [1.807, 2.05) is 39.8 Å². The molecule has 0 saturated carbocycles. The predicted octanol–water partition coefficient (Wildman–Crippen LogP) is 14.6. The zero-order chi connectivity index (χ0) is 41.4. The summed E-state index contributed by atoms with van der Waals surface area (Å²) >= 11 is 0. The van der Waals surface area contributed by atoms with Crippen molar-refractivity contribution in [1.29, 1.82) is 0 Å². The first-order chi connectivity index (χ1) is 27.0. The van der Waals surface area contributed by atoms with E-state index in [-0.39, 0.29) is 54.3 Å². The first-order valence-corrected chi connectivity index (χ1v) is 20.9. The van der Waals surface area contributed by atoms with Gasteiger partial charge in [0.05, 0.1) is 16.9 Å². The van der Waals surface area contributed by atoms with Crippen LogP contribution in [-0.2, 0) is 37.7 Å². The molecule has 0 spiro atoms. The van der Waals surface area contributed by atoms with E-state index in [0.29, 0.717) is 5.58 Å². The molecule has 3 heterocycles. The minimum Gasteiger partial charge on any atom is -0.512 e. The number of carbonyl (C=O) groups is 1. The van der Waals surface area contributed by atoms with Crippen LogP contribution in [0.1, 0.15) is 117 Å². The fourth-order valence-electron chi connectivity index (χ4n) is 8.49. The van der Waals surface area contributed by atoms with Crippen LogP contribution in [0.4, 0.5) is 0 Å². The molecular formula is C51H61IrN2O4-. The van der Waals surface area contributed by atoms with Crippen LogP contribution in [0.25, 0.3) is 66.0 Å². The second kappa shape index (κ2) is 17.9. The largest absolute Gasteiger partial charge is 0.512 e. The molecule has 0 unspecified atom stereocenters. The third-order valence-electron chi connectivity index (χ3n) is 11.1. The van der Waals surface area contributed by atoms with Crippen LogP contribution in [0.15, 0.2) is 75.5 Å². The Bertz CT molecular complexity index is 2580. The van der Waals surface area contributed by atoms with Gasteiger partial charge < -0.3 is 13.9 Å². The topological polar surface area (TPSA) is 89.4 Å². The average Bonchev–Trinajstić information content (AvgIpc) is 3.45. The van der Waals surface area contributed by atoms with Crippen molar-refractivity contribution in [2.75, 3.05) is 0 Å². The van der Waals surface area contributed by atoms with E-state index in [1.165, 1.54) is 28.3 Å². The SMILES string of the molecule is CCC(CC)C(=O)/C=C(\O)C(CC)CC.Cc1cc(CC(C)(C)C)cc(C)c1-c1ncnc2c1oc1cc(CC(C)(C)C)cc3oc4c5ccccc5[c-]c2c4c13.[Ir]. The average molecular weight is 958 g/mol. The van der Waals surface area contributed by atoms with Gasteiger partial charge in [-0.2, -0.15) is 0 Å². The van der Waals surface area contributed by atoms with E-state index in [9.17, 15) is 9.90 Å². The minimum atomic E-state index is 0. The van der Waals surface area contributed by atoms with Crippen molar-refractivity contribution in [3.63, 3.8) is 0 Å². The molecule has 1 radical (unpaired) electrons. The molecule has 0 amide bonds. The van der Waals surface area contributed by atoms with Crippen molar-refractivity contribution in [1.82, 2.24) is 9.97 Å². The molecule has 3 aromatic heterocycles. The Hall–Kier alpha value is -4.32. The Morgan fingerprint density at radius 1 is 0.759 bits per heavy atom. The normalized spacial score (nSPS) is 12.6. The van der Waals surface area contributed by atoms with E-state index in [1.54, 1.807) is 6.33 Å². The number of aliphatic hydroxyl groups is 1. The number of fused-ring (bicyclic) bond motifs is 4.